The van der Waals surface area contributed by atoms with Crippen LogP contribution in [0.5, 0.6) is 0 Å². The highest BCUT2D eigenvalue weighted by Crippen LogP contribution is 2.12. The fourth-order valence-corrected chi connectivity index (χ4v) is 2.33. The smallest absolute Gasteiger partial charge is 0.0257 e. The zero-order valence-corrected chi connectivity index (χ0v) is 9.62. The van der Waals surface area contributed by atoms with Crippen molar-refractivity contribution in [2.45, 2.75) is 40.0 Å². The topological polar surface area (TPSA) is 17.1 Å². The SMILES string of the molecule is CC(C)CCCC(C)CS(C)=O. The lowest BCUT2D eigenvalue weighted by Crippen LogP contribution is -2.06. The highest BCUT2D eigenvalue weighted by atomic mass is 32.2. The van der Waals surface area contributed by atoms with E-state index < -0.39 is 10.8 Å². The van der Waals surface area contributed by atoms with Gasteiger partial charge in [0.25, 0.3) is 0 Å². The largest absolute Gasteiger partial charge is 0.260 e. The van der Waals surface area contributed by atoms with Crippen molar-refractivity contribution in [2.75, 3.05) is 12.0 Å². The Balaban J connectivity index is 3.31. The van der Waals surface area contributed by atoms with E-state index in [4.69, 9.17) is 0 Å². The lowest BCUT2D eigenvalue weighted by Gasteiger charge is -2.10. The van der Waals surface area contributed by atoms with Crippen molar-refractivity contribution in [3.63, 3.8) is 0 Å². The standard InChI is InChI=1S/C10H22OS/c1-9(2)6-5-7-10(3)8-12(4)11/h9-10H,5-8H2,1-4H3. The average molecular weight is 190 g/mol. The third-order valence-corrected chi connectivity index (χ3v) is 3.04. The zero-order valence-electron chi connectivity index (χ0n) is 8.80. The first-order valence-corrected chi connectivity index (χ1v) is 6.55. The third-order valence-electron chi connectivity index (χ3n) is 2.00. The molecule has 0 saturated heterocycles. The molecule has 0 aromatic carbocycles. The van der Waals surface area contributed by atoms with Gasteiger partial charge in [0.05, 0.1) is 0 Å². The Morgan fingerprint density at radius 2 is 1.75 bits per heavy atom. The highest BCUT2D eigenvalue weighted by molar-refractivity contribution is 7.84. The van der Waals surface area contributed by atoms with Crippen LogP contribution in [0.4, 0.5) is 0 Å². The fraction of sp³-hybridized carbons (Fsp3) is 1.00. The van der Waals surface area contributed by atoms with Crippen LogP contribution < -0.4 is 0 Å². The van der Waals surface area contributed by atoms with Gasteiger partial charge in [-0.05, 0) is 18.3 Å². The Morgan fingerprint density at radius 1 is 1.17 bits per heavy atom. The molecule has 2 heteroatoms. The molecule has 0 rings (SSSR count). The molecular formula is C10H22OS. The summed E-state index contributed by atoms with van der Waals surface area (Å²) in [6, 6.07) is 0. The molecule has 0 radical (unpaired) electrons. The molecule has 12 heavy (non-hydrogen) atoms. The van der Waals surface area contributed by atoms with Gasteiger partial charge >= 0.3 is 0 Å². The van der Waals surface area contributed by atoms with Crippen LogP contribution in [-0.2, 0) is 10.8 Å². The number of hydrogen-bond acceptors (Lipinski definition) is 1. The Bertz CT molecular complexity index is 132. The summed E-state index contributed by atoms with van der Waals surface area (Å²) in [4.78, 5) is 0. The maximum absolute atomic E-state index is 10.9. The first-order valence-electron chi connectivity index (χ1n) is 4.82. The molecule has 0 aliphatic heterocycles. The van der Waals surface area contributed by atoms with E-state index in [9.17, 15) is 4.21 Å². The molecule has 0 aliphatic rings. The van der Waals surface area contributed by atoms with Gasteiger partial charge in [-0.3, -0.25) is 4.21 Å². The first-order chi connectivity index (χ1) is 5.52. The van der Waals surface area contributed by atoms with Crippen molar-refractivity contribution >= 4 is 10.8 Å². The summed E-state index contributed by atoms with van der Waals surface area (Å²) in [6.07, 6.45) is 5.62. The molecule has 2 unspecified atom stereocenters. The highest BCUT2D eigenvalue weighted by Gasteiger charge is 2.04. The molecule has 0 N–H and O–H groups in total. The predicted molar refractivity (Wildman–Crippen MR) is 56.8 cm³/mol. The van der Waals surface area contributed by atoms with E-state index in [0.717, 1.165) is 11.7 Å². The molecule has 0 aromatic rings. The molecule has 0 fully saturated rings. The Labute approximate surface area is 79.4 Å². The van der Waals surface area contributed by atoms with Gasteiger partial charge in [-0.25, -0.2) is 0 Å². The summed E-state index contributed by atoms with van der Waals surface area (Å²) < 4.78 is 10.9. The average Bonchev–Trinajstić information content (AvgIpc) is 1.84. The molecule has 0 saturated carbocycles. The Kier molecular flexibility index (Phi) is 6.73. The van der Waals surface area contributed by atoms with Gasteiger partial charge in [0, 0.05) is 22.8 Å². The van der Waals surface area contributed by atoms with Gasteiger partial charge in [0.1, 0.15) is 0 Å². The van der Waals surface area contributed by atoms with Gasteiger partial charge in [0.15, 0.2) is 0 Å². The molecule has 0 bridgehead atoms. The minimum Gasteiger partial charge on any atom is -0.260 e. The van der Waals surface area contributed by atoms with Gasteiger partial charge in [-0.1, -0.05) is 33.6 Å². The second-order valence-corrected chi connectivity index (χ2v) is 5.65. The summed E-state index contributed by atoms with van der Waals surface area (Å²) in [6.45, 7) is 6.70. The van der Waals surface area contributed by atoms with Gasteiger partial charge < -0.3 is 0 Å². The van der Waals surface area contributed by atoms with Crippen LogP contribution in [0.3, 0.4) is 0 Å². The van der Waals surface area contributed by atoms with E-state index in [2.05, 4.69) is 20.8 Å². The lowest BCUT2D eigenvalue weighted by molar-refractivity contribution is 0.482. The molecule has 0 aromatic heterocycles. The van der Waals surface area contributed by atoms with Crippen LogP contribution >= 0.6 is 0 Å². The normalized spacial score (nSPS) is 16.4. The van der Waals surface area contributed by atoms with E-state index in [1.165, 1.54) is 19.3 Å². The van der Waals surface area contributed by atoms with Crippen LogP contribution in [0.25, 0.3) is 0 Å². The molecular weight excluding hydrogens is 168 g/mol. The monoisotopic (exact) mass is 190 g/mol. The predicted octanol–water partition coefficient (Wildman–Crippen LogP) is 2.83. The molecule has 2 atom stereocenters. The summed E-state index contributed by atoms with van der Waals surface area (Å²) in [5, 5.41) is 0. The van der Waals surface area contributed by atoms with Crippen molar-refractivity contribution in [2.24, 2.45) is 11.8 Å². The Morgan fingerprint density at radius 3 is 2.17 bits per heavy atom. The zero-order chi connectivity index (χ0) is 9.56. The van der Waals surface area contributed by atoms with Gasteiger partial charge in [-0.15, -0.1) is 0 Å². The first kappa shape index (κ1) is 12.2. The van der Waals surface area contributed by atoms with Crippen LogP contribution in [0.1, 0.15) is 40.0 Å². The van der Waals surface area contributed by atoms with E-state index in [-0.39, 0.29) is 0 Å². The quantitative estimate of drug-likeness (QED) is 0.629. The van der Waals surface area contributed by atoms with E-state index in [1.807, 2.05) is 0 Å². The molecule has 0 heterocycles. The fourth-order valence-electron chi connectivity index (χ4n) is 1.36. The molecule has 1 nitrogen and oxygen atoms in total. The summed E-state index contributed by atoms with van der Waals surface area (Å²) >= 11 is 0. The van der Waals surface area contributed by atoms with Crippen LogP contribution in [0, 0.1) is 11.8 Å². The van der Waals surface area contributed by atoms with E-state index >= 15 is 0 Å². The van der Waals surface area contributed by atoms with Crippen molar-refractivity contribution < 1.29 is 4.21 Å². The summed E-state index contributed by atoms with van der Waals surface area (Å²) in [5.74, 6) is 2.32. The van der Waals surface area contributed by atoms with Crippen LogP contribution in [-0.4, -0.2) is 16.2 Å². The van der Waals surface area contributed by atoms with Crippen LogP contribution in [0.15, 0.2) is 0 Å². The van der Waals surface area contributed by atoms with Crippen molar-refractivity contribution in [1.29, 1.82) is 0 Å². The summed E-state index contributed by atoms with van der Waals surface area (Å²) in [7, 11) is -0.610. The van der Waals surface area contributed by atoms with E-state index in [1.54, 1.807) is 6.26 Å². The van der Waals surface area contributed by atoms with Gasteiger partial charge in [0.2, 0.25) is 0 Å². The van der Waals surface area contributed by atoms with Crippen molar-refractivity contribution in [3.8, 4) is 0 Å². The second kappa shape index (κ2) is 6.64. The molecule has 0 aliphatic carbocycles. The maximum Gasteiger partial charge on any atom is 0.0257 e. The molecule has 0 spiro atoms. The number of hydrogen-bond donors (Lipinski definition) is 0. The minimum absolute atomic E-state index is 0.610. The van der Waals surface area contributed by atoms with Crippen molar-refractivity contribution in [1.82, 2.24) is 0 Å². The maximum atomic E-state index is 10.9. The molecule has 74 valence electrons. The van der Waals surface area contributed by atoms with Gasteiger partial charge in [-0.2, -0.15) is 0 Å². The Hall–Kier alpha value is 0.150. The van der Waals surface area contributed by atoms with Crippen molar-refractivity contribution in [3.05, 3.63) is 0 Å². The van der Waals surface area contributed by atoms with E-state index in [0.29, 0.717) is 5.92 Å². The summed E-state index contributed by atoms with van der Waals surface area (Å²) in [5.41, 5.74) is 0. The third kappa shape index (κ3) is 8.25. The lowest BCUT2D eigenvalue weighted by atomic mass is 10.0. The second-order valence-electron chi connectivity index (χ2n) is 4.17. The van der Waals surface area contributed by atoms with Crippen LogP contribution in [0.2, 0.25) is 0 Å². The number of rotatable bonds is 6. The minimum atomic E-state index is -0.610. The molecule has 0 amide bonds.